The van der Waals surface area contributed by atoms with Gasteiger partial charge in [0.05, 0.1) is 0 Å². The summed E-state index contributed by atoms with van der Waals surface area (Å²) in [6, 6.07) is 17.5. The van der Waals surface area contributed by atoms with Crippen LogP contribution in [0.25, 0.3) is 0 Å². The number of rotatable bonds is 5. The number of aryl methyl sites for hydroxylation is 1. The van der Waals surface area contributed by atoms with E-state index in [4.69, 9.17) is 0 Å². The van der Waals surface area contributed by atoms with E-state index in [0.29, 0.717) is 13.0 Å². The van der Waals surface area contributed by atoms with Crippen molar-refractivity contribution in [1.82, 2.24) is 15.5 Å². The average Bonchev–Trinajstić information content (AvgIpc) is 3.48. The zero-order chi connectivity index (χ0) is 21.5. The lowest BCUT2D eigenvalue weighted by Gasteiger charge is -2.30. The van der Waals surface area contributed by atoms with Gasteiger partial charge in [0.15, 0.2) is 0 Å². The van der Waals surface area contributed by atoms with Gasteiger partial charge in [0.1, 0.15) is 12.1 Å². The average molecular weight is 418 g/mol. The number of amides is 4. The highest BCUT2D eigenvalue weighted by Crippen LogP contribution is 2.42. The van der Waals surface area contributed by atoms with Crippen LogP contribution in [0.1, 0.15) is 48.8 Å². The summed E-state index contributed by atoms with van der Waals surface area (Å²) in [5.41, 5.74) is 2.08. The Kier molecular flexibility index (Phi) is 4.80. The van der Waals surface area contributed by atoms with Crippen molar-refractivity contribution in [3.63, 3.8) is 0 Å². The number of benzene rings is 2. The van der Waals surface area contributed by atoms with Crippen LogP contribution in [0, 0.1) is 0 Å². The minimum atomic E-state index is -1.02. The topological polar surface area (TPSA) is 78.5 Å². The molecule has 1 aliphatic heterocycles. The van der Waals surface area contributed by atoms with Crippen LogP contribution in [0.15, 0.2) is 54.6 Å². The second-order valence-corrected chi connectivity index (χ2v) is 9.01. The predicted molar refractivity (Wildman–Crippen MR) is 116 cm³/mol. The lowest BCUT2D eigenvalue weighted by Crippen LogP contribution is -2.46. The zero-order valence-corrected chi connectivity index (χ0v) is 17.5. The lowest BCUT2D eigenvalue weighted by molar-refractivity contribution is -0.135. The molecule has 6 nitrogen and oxygen atoms in total. The van der Waals surface area contributed by atoms with E-state index in [1.807, 2.05) is 42.5 Å². The molecule has 2 fully saturated rings. The van der Waals surface area contributed by atoms with E-state index in [1.165, 1.54) is 5.56 Å². The van der Waals surface area contributed by atoms with Gasteiger partial charge in [0.25, 0.3) is 5.91 Å². The molecule has 0 radical (unpaired) electrons. The third kappa shape index (κ3) is 3.21. The first-order valence-corrected chi connectivity index (χ1v) is 11.1. The predicted octanol–water partition coefficient (Wildman–Crippen LogP) is 3.01. The summed E-state index contributed by atoms with van der Waals surface area (Å²) < 4.78 is 0. The van der Waals surface area contributed by atoms with Crippen molar-refractivity contribution in [3.05, 3.63) is 71.3 Å². The summed E-state index contributed by atoms with van der Waals surface area (Å²) in [7, 11) is 0. The van der Waals surface area contributed by atoms with E-state index in [9.17, 15) is 14.4 Å². The van der Waals surface area contributed by atoms with Gasteiger partial charge in [-0.1, -0.05) is 67.4 Å². The van der Waals surface area contributed by atoms with Crippen LogP contribution in [0.5, 0.6) is 0 Å². The third-order valence-corrected chi connectivity index (χ3v) is 7.29. The van der Waals surface area contributed by atoms with Gasteiger partial charge in [-0.15, -0.1) is 0 Å². The van der Waals surface area contributed by atoms with E-state index in [2.05, 4.69) is 22.8 Å². The van der Waals surface area contributed by atoms with Crippen molar-refractivity contribution < 1.29 is 14.4 Å². The summed E-state index contributed by atoms with van der Waals surface area (Å²) in [6.07, 6.45) is 5.61. The number of fused-ring (bicyclic) bond motifs is 2. The van der Waals surface area contributed by atoms with Gasteiger partial charge in [-0.3, -0.25) is 14.5 Å². The van der Waals surface area contributed by atoms with Crippen LogP contribution in [0.2, 0.25) is 0 Å². The molecule has 3 aliphatic rings. The number of nitrogens with zero attached hydrogens (tertiary/aromatic N) is 1. The fourth-order valence-electron chi connectivity index (χ4n) is 5.61. The standard InChI is InChI=1S/C25H27N3O3/c29-21(26-17-24(13-6-7-14-24)19-9-2-1-3-10-19)16-28-22(30)25(27-23(28)31)15-12-18-8-4-5-11-20(18)25/h1-5,8-11H,6-7,12-17H2,(H,26,29)(H,27,31). The zero-order valence-electron chi connectivity index (χ0n) is 17.5. The van der Waals surface area contributed by atoms with Crippen molar-refractivity contribution in [2.45, 2.75) is 49.5 Å². The Labute approximate surface area is 182 Å². The molecule has 1 atom stereocenters. The SMILES string of the molecule is O=C(CN1C(=O)NC2(CCc3ccccc32)C1=O)NCC1(c2ccccc2)CCCC1. The number of imide groups is 1. The Morgan fingerprint density at radius 1 is 0.968 bits per heavy atom. The molecule has 6 heteroatoms. The fourth-order valence-corrected chi connectivity index (χ4v) is 5.61. The molecule has 5 rings (SSSR count). The molecule has 1 spiro atoms. The van der Waals surface area contributed by atoms with Crippen molar-refractivity contribution in [3.8, 4) is 0 Å². The third-order valence-electron chi connectivity index (χ3n) is 7.29. The van der Waals surface area contributed by atoms with E-state index in [0.717, 1.165) is 48.1 Å². The highest BCUT2D eigenvalue weighted by Gasteiger charge is 2.55. The minimum Gasteiger partial charge on any atom is -0.354 e. The summed E-state index contributed by atoms with van der Waals surface area (Å²) >= 11 is 0. The molecule has 160 valence electrons. The molecule has 0 bridgehead atoms. The van der Waals surface area contributed by atoms with Crippen molar-refractivity contribution in [1.29, 1.82) is 0 Å². The second-order valence-electron chi connectivity index (χ2n) is 9.01. The van der Waals surface area contributed by atoms with Crippen LogP contribution in [0.4, 0.5) is 4.79 Å². The molecule has 4 amide bonds. The van der Waals surface area contributed by atoms with Gasteiger partial charge in [-0.25, -0.2) is 4.79 Å². The maximum atomic E-state index is 13.2. The van der Waals surface area contributed by atoms with E-state index < -0.39 is 11.6 Å². The van der Waals surface area contributed by atoms with Gasteiger partial charge in [0.2, 0.25) is 5.91 Å². The van der Waals surface area contributed by atoms with Crippen molar-refractivity contribution in [2.75, 3.05) is 13.1 Å². The number of nitrogens with one attached hydrogen (secondary N) is 2. The second kappa shape index (κ2) is 7.52. The molecule has 0 aromatic heterocycles. The van der Waals surface area contributed by atoms with Gasteiger partial charge >= 0.3 is 6.03 Å². The molecule has 1 heterocycles. The number of carbonyl (C=O) groups excluding carboxylic acids is 3. The van der Waals surface area contributed by atoms with E-state index in [-0.39, 0.29) is 23.8 Å². The lowest BCUT2D eigenvalue weighted by atomic mass is 9.79. The summed E-state index contributed by atoms with van der Waals surface area (Å²) in [4.78, 5) is 39.8. The van der Waals surface area contributed by atoms with Crippen LogP contribution in [-0.4, -0.2) is 35.8 Å². The summed E-state index contributed by atoms with van der Waals surface area (Å²) in [6.45, 7) is 0.271. The van der Waals surface area contributed by atoms with Crippen molar-refractivity contribution >= 4 is 17.8 Å². The first kappa shape index (κ1) is 19.8. The number of urea groups is 1. The molecule has 1 saturated carbocycles. The van der Waals surface area contributed by atoms with E-state index >= 15 is 0 Å². The Morgan fingerprint density at radius 2 is 1.68 bits per heavy atom. The fraction of sp³-hybridized carbons (Fsp3) is 0.400. The Bertz CT molecular complexity index is 1030. The molecule has 2 aromatic carbocycles. The van der Waals surface area contributed by atoms with Crippen LogP contribution >= 0.6 is 0 Å². The number of hydrogen-bond acceptors (Lipinski definition) is 3. The van der Waals surface area contributed by atoms with Crippen molar-refractivity contribution in [2.24, 2.45) is 0 Å². The molecule has 31 heavy (non-hydrogen) atoms. The molecule has 1 saturated heterocycles. The Hall–Kier alpha value is -3.15. The van der Waals surface area contributed by atoms with Crippen LogP contribution in [0.3, 0.4) is 0 Å². The maximum Gasteiger partial charge on any atom is 0.325 e. The molecule has 2 aliphatic carbocycles. The molecule has 2 N–H and O–H groups in total. The quantitative estimate of drug-likeness (QED) is 0.734. The largest absolute Gasteiger partial charge is 0.354 e. The summed E-state index contributed by atoms with van der Waals surface area (Å²) in [5, 5.41) is 5.90. The van der Waals surface area contributed by atoms with E-state index in [1.54, 1.807) is 0 Å². The van der Waals surface area contributed by atoms with Crippen LogP contribution < -0.4 is 10.6 Å². The minimum absolute atomic E-state index is 0.0696. The first-order valence-electron chi connectivity index (χ1n) is 11.1. The highest BCUT2D eigenvalue weighted by atomic mass is 16.2. The highest BCUT2D eigenvalue weighted by molar-refractivity contribution is 6.09. The molecule has 1 unspecified atom stereocenters. The van der Waals surface area contributed by atoms with Gasteiger partial charge in [0, 0.05) is 12.0 Å². The van der Waals surface area contributed by atoms with Gasteiger partial charge in [-0.2, -0.15) is 0 Å². The smallest absolute Gasteiger partial charge is 0.325 e. The normalized spacial score (nSPS) is 23.8. The number of hydrogen-bond donors (Lipinski definition) is 2. The molecular weight excluding hydrogens is 390 g/mol. The van der Waals surface area contributed by atoms with Crippen LogP contribution in [-0.2, 0) is 27.0 Å². The van der Waals surface area contributed by atoms with Gasteiger partial charge in [-0.05, 0) is 42.4 Å². The molecular formula is C25H27N3O3. The monoisotopic (exact) mass is 417 g/mol. The number of carbonyl (C=O) groups is 3. The summed E-state index contributed by atoms with van der Waals surface area (Å²) in [5.74, 6) is -0.620. The molecule has 2 aromatic rings. The van der Waals surface area contributed by atoms with Gasteiger partial charge < -0.3 is 10.6 Å². The maximum absolute atomic E-state index is 13.2. The Morgan fingerprint density at radius 3 is 2.45 bits per heavy atom. The first-order chi connectivity index (χ1) is 15.0. The Balaban J connectivity index is 1.28.